The van der Waals surface area contributed by atoms with Crippen LogP contribution in [0.4, 0.5) is 0 Å². The average Bonchev–Trinajstić information content (AvgIpc) is 2.14. The molecule has 0 aromatic carbocycles. The standard InChI is InChI=1S/C9H18BrClO/c1-4-8(5-2)12-9(3,6-10)7-11/h8H,4-7H2,1-3H3. The van der Waals surface area contributed by atoms with Crippen molar-refractivity contribution in [2.75, 3.05) is 11.2 Å². The first-order valence-electron chi connectivity index (χ1n) is 4.41. The molecule has 0 N–H and O–H groups in total. The third kappa shape index (κ3) is 4.11. The highest BCUT2D eigenvalue weighted by Gasteiger charge is 2.25. The van der Waals surface area contributed by atoms with Gasteiger partial charge in [-0.2, -0.15) is 0 Å². The van der Waals surface area contributed by atoms with Crippen LogP contribution < -0.4 is 0 Å². The Bertz CT molecular complexity index is 111. The number of halogens is 2. The fraction of sp³-hybridized carbons (Fsp3) is 1.00. The second-order valence-corrected chi connectivity index (χ2v) is 4.10. The molecule has 1 atom stereocenters. The lowest BCUT2D eigenvalue weighted by Gasteiger charge is -2.30. The van der Waals surface area contributed by atoms with Gasteiger partial charge in [-0.3, -0.25) is 0 Å². The molecule has 0 aromatic rings. The summed E-state index contributed by atoms with van der Waals surface area (Å²) >= 11 is 9.22. The van der Waals surface area contributed by atoms with Gasteiger partial charge in [0.1, 0.15) is 0 Å². The van der Waals surface area contributed by atoms with Gasteiger partial charge < -0.3 is 4.74 Å². The SMILES string of the molecule is CCC(CC)OC(C)(CCl)CBr. The topological polar surface area (TPSA) is 9.23 Å². The van der Waals surface area contributed by atoms with Gasteiger partial charge in [-0.15, -0.1) is 11.6 Å². The molecule has 0 aromatic heterocycles. The minimum Gasteiger partial charge on any atom is -0.370 e. The molecule has 1 nitrogen and oxygen atoms in total. The summed E-state index contributed by atoms with van der Waals surface area (Å²) in [6.07, 6.45) is 2.44. The Morgan fingerprint density at radius 3 is 2.17 bits per heavy atom. The van der Waals surface area contributed by atoms with Gasteiger partial charge in [0.05, 0.1) is 17.6 Å². The second kappa shape index (κ2) is 6.22. The van der Waals surface area contributed by atoms with Crippen LogP contribution in [-0.2, 0) is 4.74 Å². The van der Waals surface area contributed by atoms with Gasteiger partial charge in [-0.1, -0.05) is 29.8 Å². The Balaban J connectivity index is 3.99. The molecule has 0 amide bonds. The molecule has 3 heteroatoms. The van der Waals surface area contributed by atoms with Crippen LogP contribution >= 0.6 is 27.5 Å². The molecular weight excluding hydrogens is 239 g/mol. The normalized spacial score (nSPS) is 16.5. The minimum atomic E-state index is -0.210. The van der Waals surface area contributed by atoms with Crippen molar-refractivity contribution in [3.63, 3.8) is 0 Å². The second-order valence-electron chi connectivity index (χ2n) is 3.27. The number of hydrogen-bond donors (Lipinski definition) is 0. The number of rotatable bonds is 6. The van der Waals surface area contributed by atoms with Crippen molar-refractivity contribution in [1.82, 2.24) is 0 Å². The summed E-state index contributed by atoms with van der Waals surface area (Å²) in [5.41, 5.74) is -0.210. The molecule has 12 heavy (non-hydrogen) atoms. The molecule has 0 radical (unpaired) electrons. The first kappa shape index (κ1) is 12.7. The average molecular weight is 258 g/mol. The van der Waals surface area contributed by atoms with E-state index in [0.717, 1.165) is 18.2 Å². The monoisotopic (exact) mass is 256 g/mol. The summed E-state index contributed by atoms with van der Waals surface area (Å²) in [5.74, 6) is 0.536. The minimum absolute atomic E-state index is 0.210. The summed E-state index contributed by atoms with van der Waals surface area (Å²) in [5, 5.41) is 0.792. The highest BCUT2D eigenvalue weighted by molar-refractivity contribution is 9.09. The first-order chi connectivity index (χ1) is 5.61. The van der Waals surface area contributed by atoms with Gasteiger partial charge in [0.15, 0.2) is 0 Å². The molecule has 1 unspecified atom stereocenters. The Hall–Kier alpha value is 0.730. The quantitative estimate of drug-likeness (QED) is 0.661. The predicted octanol–water partition coefficient (Wildman–Crippen LogP) is 3.58. The van der Waals surface area contributed by atoms with E-state index in [0.29, 0.717) is 12.0 Å². The zero-order valence-corrected chi connectivity index (χ0v) is 10.4. The predicted molar refractivity (Wildman–Crippen MR) is 58.4 cm³/mol. The molecule has 0 bridgehead atoms. The molecule has 0 heterocycles. The van der Waals surface area contributed by atoms with Crippen LogP contribution in [0.25, 0.3) is 0 Å². The van der Waals surface area contributed by atoms with E-state index in [9.17, 15) is 0 Å². The van der Waals surface area contributed by atoms with Crippen LogP contribution in [0.3, 0.4) is 0 Å². The van der Waals surface area contributed by atoms with E-state index in [1.54, 1.807) is 0 Å². The maximum atomic E-state index is 5.86. The molecule has 0 aliphatic rings. The third-order valence-corrected chi connectivity index (χ3v) is 3.68. The van der Waals surface area contributed by atoms with E-state index in [1.807, 2.05) is 6.92 Å². The summed E-state index contributed by atoms with van der Waals surface area (Å²) < 4.78 is 5.86. The van der Waals surface area contributed by atoms with Gasteiger partial charge in [0.25, 0.3) is 0 Å². The van der Waals surface area contributed by atoms with Gasteiger partial charge in [0, 0.05) is 5.33 Å². The fourth-order valence-corrected chi connectivity index (χ4v) is 1.67. The highest BCUT2D eigenvalue weighted by Crippen LogP contribution is 2.20. The van der Waals surface area contributed by atoms with E-state index < -0.39 is 0 Å². The lowest BCUT2D eigenvalue weighted by Crippen LogP contribution is -2.37. The largest absolute Gasteiger partial charge is 0.370 e. The Kier molecular flexibility index (Phi) is 6.60. The van der Waals surface area contributed by atoms with Crippen molar-refractivity contribution in [2.24, 2.45) is 0 Å². The van der Waals surface area contributed by atoms with Crippen LogP contribution in [0.5, 0.6) is 0 Å². The van der Waals surface area contributed by atoms with Gasteiger partial charge >= 0.3 is 0 Å². The van der Waals surface area contributed by atoms with Gasteiger partial charge in [0.2, 0.25) is 0 Å². The lowest BCUT2D eigenvalue weighted by molar-refractivity contribution is -0.0561. The molecule has 0 aliphatic carbocycles. The Morgan fingerprint density at radius 1 is 1.42 bits per heavy atom. The summed E-state index contributed by atoms with van der Waals surface area (Å²) in [6.45, 7) is 6.31. The molecule has 0 aliphatic heterocycles. The highest BCUT2D eigenvalue weighted by atomic mass is 79.9. The summed E-state index contributed by atoms with van der Waals surface area (Å²) in [7, 11) is 0. The maximum Gasteiger partial charge on any atom is 0.0889 e. The van der Waals surface area contributed by atoms with Crippen LogP contribution in [0, 0.1) is 0 Å². The Morgan fingerprint density at radius 2 is 1.92 bits per heavy atom. The molecule has 0 fully saturated rings. The zero-order valence-electron chi connectivity index (χ0n) is 8.07. The number of ether oxygens (including phenoxy) is 1. The maximum absolute atomic E-state index is 5.86. The van der Waals surface area contributed by atoms with E-state index in [4.69, 9.17) is 16.3 Å². The van der Waals surface area contributed by atoms with Crippen LogP contribution in [0.1, 0.15) is 33.6 Å². The van der Waals surface area contributed by atoms with Crippen LogP contribution in [0.15, 0.2) is 0 Å². The smallest absolute Gasteiger partial charge is 0.0889 e. The van der Waals surface area contributed by atoms with Crippen LogP contribution in [0.2, 0.25) is 0 Å². The Labute approximate surface area is 88.9 Å². The molecule has 0 saturated carbocycles. The van der Waals surface area contributed by atoms with Crippen molar-refractivity contribution in [1.29, 1.82) is 0 Å². The lowest BCUT2D eigenvalue weighted by atomic mass is 10.1. The molecule has 0 rings (SSSR count). The van der Waals surface area contributed by atoms with E-state index >= 15 is 0 Å². The molecule has 0 saturated heterocycles. The molecule has 0 spiro atoms. The molecule has 74 valence electrons. The summed E-state index contributed by atoms with van der Waals surface area (Å²) in [4.78, 5) is 0. The van der Waals surface area contributed by atoms with E-state index in [2.05, 4.69) is 29.8 Å². The third-order valence-electron chi connectivity index (χ3n) is 1.93. The van der Waals surface area contributed by atoms with Crippen molar-refractivity contribution < 1.29 is 4.74 Å². The summed E-state index contributed by atoms with van der Waals surface area (Å²) in [6, 6.07) is 0. The van der Waals surface area contributed by atoms with Crippen molar-refractivity contribution in [2.45, 2.75) is 45.3 Å². The number of hydrogen-bond acceptors (Lipinski definition) is 1. The van der Waals surface area contributed by atoms with Gasteiger partial charge in [-0.25, -0.2) is 0 Å². The van der Waals surface area contributed by atoms with E-state index in [1.165, 1.54) is 0 Å². The first-order valence-corrected chi connectivity index (χ1v) is 6.07. The zero-order chi connectivity index (χ0) is 9.61. The van der Waals surface area contributed by atoms with Crippen molar-refractivity contribution >= 4 is 27.5 Å². The van der Waals surface area contributed by atoms with Crippen molar-refractivity contribution in [3.8, 4) is 0 Å². The fourth-order valence-electron chi connectivity index (χ4n) is 0.956. The van der Waals surface area contributed by atoms with Gasteiger partial charge in [-0.05, 0) is 19.8 Å². The van der Waals surface area contributed by atoms with E-state index in [-0.39, 0.29) is 5.60 Å². The molecular formula is C9H18BrClO. The van der Waals surface area contributed by atoms with Crippen LogP contribution in [-0.4, -0.2) is 22.9 Å². The van der Waals surface area contributed by atoms with Crippen molar-refractivity contribution in [3.05, 3.63) is 0 Å². The number of alkyl halides is 2.